The van der Waals surface area contributed by atoms with Crippen LogP contribution in [0.2, 0.25) is 0 Å². The quantitative estimate of drug-likeness (QED) is 0.320. The van der Waals surface area contributed by atoms with Crippen molar-refractivity contribution in [3.63, 3.8) is 0 Å². The highest BCUT2D eigenvalue weighted by molar-refractivity contribution is 8.18. The maximum Gasteiger partial charge on any atom is 0.326 e. The Hall–Kier alpha value is -4.12. The molecule has 0 aromatic heterocycles. The van der Waals surface area contributed by atoms with Crippen LogP contribution in [-0.4, -0.2) is 45.2 Å². The van der Waals surface area contributed by atoms with Gasteiger partial charge in [-0.2, -0.15) is 0 Å². The summed E-state index contributed by atoms with van der Waals surface area (Å²) >= 11 is 0.836. The number of carbonyl (C=O) groups is 5. The van der Waals surface area contributed by atoms with Crippen LogP contribution in [0.3, 0.4) is 0 Å². The number of rotatable bonds is 10. The SMILES string of the molecule is O=C(O)CC[C@@H](NC(=O)c1cccc(CNc2cccc(/C=C3\SC(=O)NC3=O)c2)c1)C(=O)O. The molecule has 1 aliphatic rings. The van der Waals surface area contributed by atoms with E-state index < -0.39 is 35.0 Å². The van der Waals surface area contributed by atoms with Crippen LogP contribution in [0.25, 0.3) is 6.08 Å². The van der Waals surface area contributed by atoms with Gasteiger partial charge in [-0.15, -0.1) is 0 Å². The van der Waals surface area contributed by atoms with E-state index in [2.05, 4.69) is 16.0 Å². The first kappa shape index (κ1) is 24.5. The first-order valence-corrected chi connectivity index (χ1v) is 11.0. The maximum atomic E-state index is 12.5. The normalized spacial score (nSPS) is 15.0. The molecule has 176 valence electrons. The molecule has 1 saturated heterocycles. The highest BCUT2D eigenvalue weighted by Gasteiger charge is 2.25. The number of carboxylic acid groups (broad SMARTS) is 2. The molecule has 0 spiro atoms. The minimum atomic E-state index is -1.31. The first-order chi connectivity index (χ1) is 16.2. The van der Waals surface area contributed by atoms with Gasteiger partial charge in [-0.25, -0.2) is 4.79 Å². The third kappa shape index (κ3) is 6.94. The molecule has 0 bridgehead atoms. The number of hydrogen-bond acceptors (Lipinski definition) is 7. The summed E-state index contributed by atoms with van der Waals surface area (Å²) in [5.41, 5.74) is 2.48. The van der Waals surface area contributed by atoms with E-state index in [1.807, 2.05) is 6.07 Å². The number of carboxylic acids is 2. The molecule has 0 unspecified atom stereocenters. The van der Waals surface area contributed by atoms with Crippen molar-refractivity contribution in [2.24, 2.45) is 0 Å². The Balaban J connectivity index is 1.63. The van der Waals surface area contributed by atoms with Gasteiger partial charge in [-0.3, -0.25) is 24.5 Å². The molecule has 2 aromatic carbocycles. The number of hydrogen-bond donors (Lipinski definition) is 5. The van der Waals surface area contributed by atoms with Crippen LogP contribution in [-0.2, 0) is 20.9 Å². The maximum absolute atomic E-state index is 12.5. The average Bonchev–Trinajstić information content (AvgIpc) is 3.11. The predicted octanol–water partition coefficient (Wildman–Crippen LogP) is 2.67. The summed E-state index contributed by atoms with van der Waals surface area (Å²) in [7, 11) is 0. The molecule has 0 radical (unpaired) electrons. The standard InChI is InChI=1S/C23H21N3O7S/c27-19(28)8-7-17(22(31)32)25-20(29)15-5-1-4-14(9-15)12-24-16-6-2-3-13(10-16)11-18-21(30)26-23(33)34-18/h1-6,9-11,17,24H,7-8,12H2,(H,25,29)(H,27,28)(H,31,32)(H,26,30,33)/b18-11-/t17-/m1/s1. The Bertz CT molecular complexity index is 1180. The summed E-state index contributed by atoms with van der Waals surface area (Å²) in [4.78, 5) is 57.8. The lowest BCUT2D eigenvalue weighted by Crippen LogP contribution is -2.41. The van der Waals surface area contributed by atoms with Crippen molar-refractivity contribution < 1.29 is 34.2 Å². The smallest absolute Gasteiger partial charge is 0.326 e. The lowest BCUT2D eigenvalue weighted by atomic mass is 10.1. The van der Waals surface area contributed by atoms with Gasteiger partial charge < -0.3 is 20.8 Å². The van der Waals surface area contributed by atoms with Crippen LogP contribution < -0.4 is 16.0 Å². The van der Waals surface area contributed by atoms with E-state index >= 15 is 0 Å². The number of nitrogens with one attached hydrogen (secondary N) is 3. The van der Waals surface area contributed by atoms with Gasteiger partial charge >= 0.3 is 11.9 Å². The van der Waals surface area contributed by atoms with Gasteiger partial charge in [0.05, 0.1) is 4.91 Å². The Morgan fingerprint density at radius 1 is 1.06 bits per heavy atom. The highest BCUT2D eigenvalue weighted by Crippen LogP contribution is 2.26. The summed E-state index contributed by atoms with van der Waals surface area (Å²) in [6, 6.07) is 12.5. The van der Waals surface area contributed by atoms with Gasteiger partial charge in [0, 0.05) is 24.2 Å². The fourth-order valence-corrected chi connectivity index (χ4v) is 3.79. The molecule has 1 heterocycles. The summed E-state index contributed by atoms with van der Waals surface area (Å²) in [5.74, 6) is -3.50. The topological polar surface area (TPSA) is 162 Å². The zero-order valence-electron chi connectivity index (χ0n) is 17.7. The number of amides is 3. The minimum Gasteiger partial charge on any atom is -0.481 e. The third-order valence-electron chi connectivity index (χ3n) is 4.76. The van der Waals surface area contributed by atoms with Crippen molar-refractivity contribution >= 4 is 52.5 Å². The molecule has 2 aromatic rings. The zero-order valence-corrected chi connectivity index (χ0v) is 18.6. The van der Waals surface area contributed by atoms with E-state index in [9.17, 15) is 29.1 Å². The Kier molecular flexibility index (Phi) is 8.04. The van der Waals surface area contributed by atoms with Gasteiger partial charge in [0.2, 0.25) is 0 Å². The van der Waals surface area contributed by atoms with Crippen LogP contribution >= 0.6 is 11.8 Å². The third-order valence-corrected chi connectivity index (χ3v) is 5.57. The number of benzene rings is 2. The molecule has 1 fully saturated rings. The number of aliphatic carboxylic acids is 2. The van der Waals surface area contributed by atoms with Crippen LogP contribution in [0.5, 0.6) is 0 Å². The van der Waals surface area contributed by atoms with Gasteiger partial charge in [0.1, 0.15) is 6.04 Å². The van der Waals surface area contributed by atoms with Crippen LogP contribution in [0.15, 0.2) is 53.4 Å². The van der Waals surface area contributed by atoms with Gasteiger partial charge in [0.15, 0.2) is 0 Å². The Morgan fingerprint density at radius 3 is 2.50 bits per heavy atom. The van der Waals surface area contributed by atoms with Gasteiger partial charge in [0.25, 0.3) is 17.1 Å². The molecule has 0 saturated carbocycles. The number of imide groups is 1. The van der Waals surface area contributed by atoms with E-state index in [1.54, 1.807) is 42.5 Å². The lowest BCUT2D eigenvalue weighted by molar-refractivity contribution is -0.140. The first-order valence-electron chi connectivity index (χ1n) is 10.1. The van der Waals surface area contributed by atoms with Crippen molar-refractivity contribution in [2.45, 2.75) is 25.4 Å². The molecule has 3 rings (SSSR count). The molecule has 0 aliphatic carbocycles. The van der Waals surface area contributed by atoms with E-state index in [0.717, 1.165) is 28.6 Å². The average molecular weight is 484 g/mol. The Labute approximate surface area is 198 Å². The monoisotopic (exact) mass is 483 g/mol. The molecule has 34 heavy (non-hydrogen) atoms. The highest BCUT2D eigenvalue weighted by atomic mass is 32.2. The second-order valence-electron chi connectivity index (χ2n) is 7.33. The van der Waals surface area contributed by atoms with Crippen LogP contribution in [0.1, 0.15) is 34.3 Å². The summed E-state index contributed by atoms with van der Waals surface area (Å²) in [6.07, 6.45) is 1.01. The number of carbonyl (C=O) groups excluding carboxylic acids is 3. The van der Waals surface area contributed by atoms with Gasteiger partial charge in [-0.1, -0.05) is 24.3 Å². The molecule has 10 nitrogen and oxygen atoms in total. The van der Waals surface area contributed by atoms with Gasteiger partial charge in [-0.05, 0) is 59.7 Å². The fraction of sp³-hybridized carbons (Fsp3) is 0.174. The predicted molar refractivity (Wildman–Crippen MR) is 125 cm³/mol. The molecule has 5 N–H and O–H groups in total. The zero-order chi connectivity index (χ0) is 24.7. The van der Waals surface area contributed by atoms with E-state index in [-0.39, 0.29) is 18.4 Å². The van der Waals surface area contributed by atoms with Crippen molar-refractivity contribution in [1.82, 2.24) is 10.6 Å². The van der Waals surface area contributed by atoms with E-state index in [1.165, 1.54) is 6.07 Å². The van der Waals surface area contributed by atoms with E-state index in [4.69, 9.17) is 5.11 Å². The summed E-state index contributed by atoms with van der Waals surface area (Å²) in [6.45, 7) is 0.357. The number of anilines is 1. The second-order valence-corrected chi connectivity index (χ2v) is 8.34. The molecule has 3 amide bonds. The largest absolute Gasteiger partial charge is 0.481 e. The number of thioether (sulfide) groups is 1. The summed E-state index contributed by atoms with van der Waals surface area (Å²) < 4.78 is 0. The molecule has 11 heteroatoms. The fourth-order valence-electron chi connectivity index (χ4n) is 3.10. The minimum absolute atomic E-state index is 0.224. The van der Waals surface area contributed by atoms with Crippen LogP contribution in [0, 0.1) is 0 Å². The van der Waals surface area contributed by atoms with Crippen LogP contribution in [0.4, 0.5) is 10.5 Å². The summed E-state index contributed by atoms with van der Waals surface area (Å²) in [5, 5.41) is 25.3. The van der Waals surface area contributed by atoms with E-state index in [0.29, 0.717) is 11.4 Å². The molecular formula is C23H21N3O7S. The molecule has 1 aliphatic heterocycles. The molecule has 1 atom stereocenters. The van der Waals surface area contributed by atoms with Crippen molar-refractivity contribution in [3.05, 3.63) is 70.1 Å². The molecular weight excluding hydrogens is 462 g/mol. The second kappa shape index (κ2) is 11.1. The van der Waals surface area contributed by atoms with Crippen molar-refractivity contribution in [2.75, 3.05) is 5.32 Å². The lowest BCUT2D eigenvalue weighted by Gasteiger charge is -2.14. The Morgan fingerprint density at radius 2 is 1.82 bits per heavy atom. The van der Waals surface area contributed by atoms with Crippen molar-refractivity contribution in [3.8, 4) is 0 Å². The van der Waals surface area contributed by atoms with Crippen molar-refractivity contribution in [1.29, 1.82) is 0 Å².